The average Bonchev–Trinajstić information content (AvgIpc) is 2.54. The van der Waals surface area contributed by atoms with Gasteiger partial charge in [0.25, 0.3) is 0 Å². The Bertz CT molecular complexity index is 317. The van der Waals surface area contributed by atoms with Crippen LogP contribution in [0.5, 0.6) is 0 Å². The van der Waals surface area contributed by atoms with Crippen LogP contribution in [0.1, 0.15) is 19.3 Å². The number of nitrogens with zero attached hydrogens (tertiary/aromatic N) is 1. The Morgan fingerprint density at radius 3 is 3.00 bits per heavy atom. The first-order valence-electron chi connectivity index (χ1n) is 4.66. The van der Waals surface area contributed by atoms with Gasteiger partial charge in [-0.15, -0.1) is 28.3 Å². The van der Waals surface area contributed by atoms with Crippen molar-refractivity contribution < 1.29 is 4.74 Å². The summed E-state index contributed by atoms with van der Waals surface area (Å²) in [5.74, 6) is 0. The van der Waals surface area contributed by atoms with Gasteiger partial charge >= 0.3 is 0 Å². The van der Waals surface area contributed by atoms with Gasteiger partial charge in [-0.2, -0.15) is 0 Å². The van der Waals surface area contributed by atoms with Crippen molar-refractivity contribution in [1.82, 2.24) is 4.57 Å². The van der Waals surface area contributed by atoms with Crippen LogP contribution in [0.15, 0.2) is 11.6 Å². The van der Waals surface area contributed by atoms with Crippen molar-refractivity contribution in [3.8, 4) is 0 Å². The first kappa shape index (κ1) is 11.9. The number of ether oxygens (including phenoxy) is 1. The van der Waals surface area contributed by atoms with E-state index in [1.807, 2.05) is 16.1 Å². The highest BCUT2D eigenvalue weighted by atomic mass is 79.9. The Balaban J connectivity index is 0.000000980. The molecule has 0 spiro atoms. The monoisotopic (exact) mass is 278 g/mol. The molecular weight excluding hydrogens is 264 g/mol. The second-order valence-electron chi connectivity index (χ2n) is 3.35. The van der Waals surface area contributed by atoms with Gasteiger partial charge in [-0.1, -0.05) is 0 Å². The van der Waals surface area contributed by atoms with Gasteiger partial charge in [-0.25, -0.2) is 0 Å². The van der Waals surface area contributed by atoms with Crippen molar-refractivity contribution in [2.24, 2.45) is 0 Å². The molecule has 1 fully saturated rings. The molecule has 0 aromatic carbocycles. The fraction of sp³-hybridized carbons (Fsp3) is 0.667. The van der Waals surface area contributed by atoms with E-state index in [0.717, 1.165) is 19.6 Å². The molecule has 0 bridgehead atoms. The number of halogens is 1. The maximum atomic E-state index is 7.60. The maximum Gasteiger partial charge on any atom is 0.181 e. The van der Waals surface area contributed by atoms with E-state index in [2.05, 4.69) is 0 Å². The SMILES string of the molecule is Br.N=c1sccn1CC1CCCCO1. The third-order valence-electron chi connectivity index (χ3n) is 2.36. The Morgan fingerprint density at radius 2 is 2.43 bits per heavy atom. The van der Waals surface area contributed by atoms with Crippen LogP contribution < -0.4 is 4.80 Å². The second-order valence-corrected chi connectivity index (χ2v) is 4.24. The van der Waals surface area contributed by atoms with E-state index in [4.69, 9.17) is 10.1 Å². The van der Waals surface area contributed by atoms with Crippen LogP contribution in [-0.4, -0.2) is 17.3 Å². The lowest BCUT2D eigenvalue weighted by molar-refractivity contribution is 0.00551. The third kappa shape index (κ3) is 2.93. The summed E-state index contributed by atoms with van der Waals surface area (Å²) in [7, 11) is 0. The molecule has 0 amide bonds. The lowest BCUT2D eigenvalue weighted by Gasteiger charge is -2.22. The van der Waals surface area contributed by atoms with Gasteiger partial charge in [0.2, 0.25) is 0 Å². The van der Waals surface area contributed by atoms with Crippen molar-refractivity contribution in [2.45, 2.75) is 31.9 Å². The second kappa shape index (κ2) is 5.68. The molecule has 1 atom stereocenters. The summed E-state index contributed by atoms with van der Waals surface area (Å²) >= 11 is 1.47. The summed E-state index contributed by atoms with van der Waals surface area (Å²) in [6.45, 7) is 1.74. The van der Waals surface area contributed by atoms with Crippen LogP contribution in [0.3, 0.4) is 0 Å². The van der Waals surface area contributed by atoms with Gasteiger partial charge in [-0.05, 0) is 19.3 Å². The maximum absolute atomic E-state index is 7.60. The topological polar surface area (TPSA) is 38.0 Å². The van der Waals surface area contributed by atoms with Gasteiger partial charge in [0.15, 0.2) is 4.80 Å². The molecule has 1 unspecified atom stereocenters. The molecule has 5 heteroatoms. The standard InChI is InChI=1S/C9H14N2OS.BrH/c10-9-11(4-6-13-9)7-8-3-1-2-5-12-8;/h4,6,8,10H,1-3,5,7H2;1H. The molecule has 1 aromatic heterocycles. The summed E-state index contributed by atoms with van der Waals surface area (Å²) in [5, 5.41) is 9.54. The number of thiazole rings is 1. The highest BCUT2D eigenvalue weighted by Crippen LogP contribution is 2.13. The number of hydrogen-bond donors (Lipinski definition) is 1. The summed E-state index contributed by atoms with van der Waals surface area (Å²) in [5.41, 5.74) is 0. The Labute approximate surface area is 98.0 Å². The fourth-order valence-corrected chi connectivity index (χ4v) is 2.23. The molecule has 14 heavy (non-hydrogen) atoms. The average molecular weight is 279 g/mol. The quantitative estimate of drug-likeness (QED) is 0.885. The van der Waals surface area contributed by atoms with E-state index in [1.165, 1.54) is 24.2 Å². The predicted molar refractivity (Wildman–Crippen MR) is 62.1 cm³/mol. The molecule has 1 aliphatic heterocycles. The number of hydrogen-bond acceptors (Lipinski definition) is 3. The number of rotatable bonds is 2. The molecule has 0 aliphatic carbocycles. The minimum atomic E-state index is 0. The van der Waals surface area contributed by atoms with Gasteiger partial charge in [-0.3, -0.25) is 5.41 Å². The predicted octanol–water partition coefficient (Wildman–Crippen LogP) is 2.18. The van der Waals surface area contributed by atoms with Gasteiger partial charge in [0.05, 0.1) is 12.6 Å². The van der Waals surface area contributed by atoms with Crippen molar-refractivity contribution >= 4 is 28.3 Å². The zero-order chi connectivity index (χ0) is 9.10. The van der Waals surface area contributed by atoms with E-state index in [0.29, 0.717) is 10.9 Å². The third-order valence-corrected chi connectivity index (χ3v) is 3.07. The normalized spacial score (nSPS) is 21.6. The zero-order valence-corrected chi connectivity index (χ0v) is 10.5. The van der Waals surface area contributed by atoms with Crippen LogP contribution in [0.2, 0.25) is 0 Å². The summed E-state index contributed by atoms with van der Waals surface area (Å²) < 4.78 is 7.57. The first-order valence-corrected chi connectivity index (χ1v) is 5.54. The van der Waals surface area contributed by atoms with E-state index in [-0.39, 0.29) is 17.0 Å². The van der Waals surface area contributed by atoms with E-state index in [1.54, 1.807) is 0 Å². The van der Waals surface area contributed by atoms with Crippen molar-refractivity contribution in [3.63, 3.8) is 0 Å². The first-order chi connectivity index (χ1) is 6.36. The summed E-state index contributed by atoms with van der Waals surface area (Å²) in [6, 6.07) is 0. The Hall–Kier alpha value is -0.130. The van der Waals surface area contributed by atoms with Crippen LogP contribution in [0, 0.1) is 5.41 Å². The Kier molecular flexibility index (Phi) is 4.84. The summed E-state index contributed by atoms with van der Waals surface area (Å²) in [4.78, 5) is 0.620. The molecule has 0 radical (unpaired) electrons. The van der Waals surface area contributed by atoms with Crippen LogP contribution in [0.4, 0.5) is 0 Å². The summed E-state index contributed by atoms with van der Waals surface area (Å²) in [6.07, 6.45) is 5.89. The Morgan fingerprint density at radius 1 is 1.57 bits per heavy atom. The molecule has 1 aromatic rings. The molecule has 1 saturated heterocycles. The lowest BCUT2D eigenvalue weighted by Crippen LogP contribution is -2.27. The minimum absolute atomic E-state index is 0. The molecule has 1 N–H and O–H groups in total. The van der Waals surface area contributed by atoms with E-state index < -0.39 is 0 Å². The molecule has 1 aliphatic rings. The fourth-order valence-electron chi connectivity index (χ4n) is 1.62. The van der Waals surface area contributed by atoms with Crippen molar-refractivity contribution in [2.75, 3.05) is 6.61 Å². The van der Waals surface area contributed by atoms with E-state index >= 15 is 0 Å². The van der Waals surface area contributed by atoms with Gasteiger partial charge in [0.1, 0.15) is 0 Å². The van der Waals surface area contributed by atoms with Crippen LogP contribution >= 0.6 is 28.3 Å². The smallest absolute Gasteiger partial charge is 0.181 e. The highest BCUT2D eigenvalue weighted by Gasteiger charge is 2.14. The molecular formula is C9H15BrN2OS. The lowest BCUT2D eigenvalue weighted by atomic mass is 10.1. The highest BCUT2D eigenvalue weighted by molar-refractivity contribution is 8.93. The van der Waals surface area contributed by atoms with Gasteiger partial charge in [0, 0.05) is 18.2 Å². The largest absolute Gasteiger partial charge is 0.376 e. The number of aromatic nitrogens is 1. The van der Waals surface area contributed by atoms with Crippen LogP contribution in [0.25, 0.3) is 0 Å². The molecule has 80 valence electrons. The van der Waals surface area contributed by atoms with Crippen molar-refractivity contribution in [3.05, 3.63) is 16.4 Å². The van der Waals surface area contributed by atoms with Crippen LogP contribution in [-0.2, 0) is 11.3 Å². The molecule has 0 saturated carbocycles. The number of nitrogens with one attached hydrogen (secondary N) is 1. The zero-order valence-electron chi connectivity index (χ0n) is 7.94. The molecule has 3 nitrogen and oxygen atoms in total. The van der Waals surface area contributed by atoms with Gasteiger partial charge < -0.3 is 9.30 Å². The van der Waals surface area contributed by atoms with E-state index in [9.17, 15) is 0 Å². The minimum Gasteiger partial charge on any atom is -0.376 e. The molecule has 2 heterocycles. The molecule has 2 rings (SSSR count). The van der Waals surface area contributed by atoms with Crippen molar-refractivity contribution in [1.29, 1.82) is 5.41 Å².